The lowest BCUT2D eigenvalue weighted by molar-refractivity contribution is -0.143. The van der Waals surface area contributed by atoms with Crippen LogP contribution >= 0.6 is 0 Å². The fraction of sp³-hybridized carbons (Fsp3) is 0.571. The third-order valence-electron chi connectivity index (χ3n) is 1.62. The van der Waals surface area contributed by atoms with E-state index >= 15 is 0 Å². The molecule has 0 amide bonds. The van der Waals surface area contributed by atoms with Crippen molar-refractivity contribution in [3.8, 4) is 0 Å². The molecule has 74 valence electrons. The highest BCUT2D eigenvalue weighted by molar-refractivity contribution is 5.14. The van der Waals surface area contributed by atoms with Gasteiger partial charge in [0.05, 0.1) is 11.8 Å². The van der Waals surface area contributed by atoms with Gasteiger partial charge in [-0.05, 0) is 13.0 Å². The number of aryl methyl sites for hydroxylation is 1. The normalized spacial score (nSPS) is 14.6. The van der Waals surface area contributed by atoms with Crippen LogP contribution in [0, 0.1) is 0 Å². The van der Waals surface area contributed by atoms with Crippen molar-refractivity contribution in [1.82, 2.24) is 9.78 Å². The smallest absolute Gasteiger partial charge is 0.387 e. The Labute approximate surface area is 72.8 Å². The molecular weight excluding hydrogens is 185 g/mol. The number of nitrogens with zero attached hydrogens (tertiary/aromatic N) is 2. The van der Waals surface area contributed by atoms with E-state index in [2.05, 4.69) is 5.10 Å². The van der Waals surface area contributed by atoms with Crippen molar-refractivity contribution in [3.63, 3.8) is 0 Å². The molecular formula is C7H9F3N2O. The van der Waals surface area contributed by atoms with E-state index in [1.807, 2.05) is 0 Å². The maximum Gasteiger partial charge on any atom is 0.433 e. The van der Waals surface area contributed by atoms with Gasteiger partial charge in [0.2, 0.25) is 0 Å². The third kappa shape index (κ3) is 2.00. The van der Waals surface area contributed by atoms with Crippen LogP contribution < -0.4 is 0 Å². The molecule has 0 aromatic carbocycles. The fourth-order valence-corrected chi connectivity index (χ4v) is 0.959. The summed E-state index contributed by atoms with van der Waals surface area (Å²) in [5, 5.41) is 12.5. The second-order valence-electron chi connectivity index (χ2n) is 2.75. The largest absolute Gasteiger partial charge is 0.433 e. The third-order valence-corrected chi connectivity index (χ3v) is 1.62. The monoisotopic (exact) mass is 194 g/mol. The van der Waals surface area contributed by atoms with Crippen LogP contribution in [-0.2, 0) is 13.2 Å². The quantitative estimate of drug-likeness (QED) is 0.735. The van der Waals surface area contributed by atoms with Crippen LogP contribution in [0.3, 0.4) is 0 Å². The number of aromatic nitrogens is 2. The zero-order valence-corrected chi connectivity index (χ0v) is 7.13. The molecule has 1 N–H and O–H groups in total. The molecule has 1 aromatic heterocycles. The Bertz CT molecular complexity index is 303. The Morgan fingerprint density at radius 1 is 1.54 bits per heavy atom. The van der Waals surface area contributed by atoms with Gasteiger partial charge in [-0.25, -0.2) is 0 Å². The van der Waals surface area contributed by atoms with E-state index in [0.717, 1.165) is 6.07 Å². The number of aliphatic hydroxyl groups is 1. The minimum Gasteiger partial charge on any atom is -0.387 e. The van der Waals surface area contributed by atoms with Gasteiger partial charge in [0.25, 0.3) is 0 Å². The summed E-state index contributed by atoms with van der Waals surface area (Å²) in [7, 11) is 1.19. The molecule has 6 heteroatoms. The number of hydrogen-bond acceptors (Lipinski definition) is 2. The van der Waals surface area contributed by atoms with E-state index in [0.29, 0.717) is 4.68 Å². The molecule has 1 heterocycles. The predicted molar refractivity (Wildman–Crippen MR) is 38.8 cm³/mol. The Morgan fingerprint density at radius 3 is 2.31 bits per heavy atom. The summed E-state index contributed by atoms with van der Waals surface area (Å²) in [4.78, 5) is 0. The lowest BCUT2D eigenvalue weighted by atomic mass is 10.2. The zero-order valence-electron chi connectivity index (χ0n) is 7.13. The fourth-order valence-electron chi connectivity index (χ4n) is 0.959. The van der Waals surface area contributed by atoms with E-state index in [-0.39, 0.29) is 5.69 Å². The molecule has 0 aliphatic rings. The molecule has 0 radical (unpaired) electrons. The minimum atomic E-state index is -4.42. The Kier molecular flexibility index (Phi) is 2.34. The van der Waals surface area contributed by atoms with Gasteiger partial charge >= 0.3 is 6.18 Å². The maximum absolute atomic E-state index is 12.2. The van der Waals surface area contributed by atoms with Gasteiger partial charge in [-0.15, -0.1) is 0 Å². The summed E-state index contributed by atoms with van der Waals surface area (Å²) in [5.41, 5.74) is -0.835. The molecule has 0 unspecified atom stereocenters. The summed E-state index contributed by atoms with van der Waals surface area (Å²) < 4.78 is 37.3. The highest BCUT2D eigenvalue weighted by atomic mass is 19.4. The average molecular weight is 194 g/mol. The summed E-state index contributed by atoms with van der Waals surface area (Å²) in [5.74, 6) is 0. The molecule has 0 saturated heterocycles. The van der Waals surface area contributed by atoms with E-state index in [9.17, 15) is 13.2 Å². The minimum absolute atomic E-state index is 0.0230. The molecule has 13 heavy (non-hydrogen) atoms. The lowest BCUT2D eigenvalue weighted by Crippen LogP contribution is -2.11. The van der Waals surface area contributed by atoms with E-state index in [4.69, 9.17) is 5.11 Å². The average Bonchev–Trinajstić information content (AvgIpc) is 2.29. The van der Waals surface area contributed by atoms with Crippen LogP contribution in [0.5, 0.6) is 0 Å². The topological polar surface area (TPSA) is 38.0 Å². The number of rotatable bonds is 1. The van der Waals surface area contributed by atoms with Gasteiger partial charge in [-0.2, -0.15) is 18.3 Å². The Hall–Kier alpha value is -1.04. The van der Waals surface area contributed by atoms with Crippen LogP contribution in [0.25, 0.3) is 0 Å². The van der Waals surface area contributed by atoms with Crippen molar-refractivity contribution >= 4 is 0 Å². The number of hydrogen-bond donors (Lipinski definition) is 1. The molecule has 0 aliphatic carbocycles. The number of aliphatic hydroxyl groups excluding tert-OH is 1. The SMILES string of the molecule is C[C@H](O)c1cc(C(F)(F)F)n(C)n1. The first-order valence-corrected chi connectivity index (χ1v) is 3.61. The highest BCUT2D eigenvalue weighted by Crippen LogP contribution is 2.30. The number of alkyl halides is 3. The maximum atomic E-state index is 12.2. The molecule has 1 rings (SSSR count). The predicted octanol–water partition coefficient (Wildman–Crippen LogP) is 1.49. The first-order chi connectivity index (χ1) is 5.82. The Morgan fingerprint density at radius 2 is 2.08 bits per heavy atom. The second kappa shape index (κ2) is 3.02. The van der Waals surface area contributed by atoms with Crippen LogP contribution in [0.2, 0.25) is 0 Å². The van der Waals surface area contributed by atoms with Crippen molar-refractivity contribution in [2.24, 2.45) is 7.05 Å². The van der Waals surface area contributed by atoms with E-state index < -0.39 is 18.0 Å². The number of halogens is 3. The molecule has 1 atom stereocenters. The van der Waals surface area contributed by atoms with Gasteiger partial charge < -0.3 is 5.11 Å². The highest BCUT2D eigenvalue weighted by Gasteiger charge is 2.35. The van der Waals surface area contributed by atoms with E-state index in [1.165, 1.54) is 14.0 Å². The standard InChI is InChI=1S/C7H9F3N2O/c1-4(13)5-3-6(7(8,9)10)12(2)11-5/h3-4,13H,1-2H3/t4-/m0/s1. The molecule has 3 nitrogen and oxygen atoms in total. The van der Waals surface area contributed by atoms with Crippen molar-refractivity contribution in [3.05, 3.63) is 17.5 Å². The van der Waals surface area contributed by atoms with Crippen molar-refractivity contribution in [2.45, 2.75) is 19.2 Å². The van der Waals surface area contributed by atoms with Gasteiger partial charge in [0.15, 0.2) is 0 Å². The van der Waals surface area contributed by atoms with Crippen molar-refractivity contribution < 1.29 is 18.3 Å². The van der Waals surface area contributed by atoms with Crippen LogP contribution in [0.15, 0.2) is 6.07 Å². The molecule has 1 aromatic rings. The first kappa shape index (κ1) is 10.0. The van der Waals surface area contributed by atoms with Gasteiger partial charge in [0, 0.05) is 7.05 Å². The molecule has 0 saturated carbocycles. The molecule has 0 fully saturated rings. The van der Waals surface area contributed by atoms with E-state index in [1.54, 1.807) is 0 Å². The van der Waals surface area contributed by atoms with Crippen molar-refractivity contribution in [1.29, 1.82) is 0 Å². The van der Waals surface area contributed by atoms with Gasteiger partial charge in [-0.1, -0.05) is 0 Å². The summed E-state index contributed by atoms with van der Waals surface area (Å²) in [6.45, 7) is 1.36. The summed E-state index contributed by atoms with van der Waals surface area (Å²) in [6.07, 6.45) is -5.41. The van der Waals surface area contributed by atoms with Crippen LogP contribution in [0.4, 0.5) is 13.2 Å². The van der Waals surface area contributed by atoms with Crippen LogP contribution in [-0.4, -0.2) is 14.9 Å². The van der Waals surface area contributed by atoms with Crippen molar-refractivity contribution in [2.75, 3.05) is 0 Å². The van der Waals surface area contributed by atoms with Gasteiger partial charge in [-0.3, -0.25) is 4.68 Å². The Balaban J connectivity index is 3.11. The molecule has 0 bridgehead atoms. The molecule has 0 aliphatic heterocycles. The molecule has 0 spiro atoms. The summed E-state index contributed by atoms with van der Waals surface area (Å²) >= 11 is 0. The second-order valence-corrected chi connectivity index (χ2v) is 2.75. The lowest BCUT2D eigenvalue weighted by Gasteiger charge is -2.04. The first-order valence-electron chi connectivity index (χ1n) is 3.61. The summed E-state index contributed by atoms with van der Waals surface area (Å²) in [6, 6.07) is 0.838. The zero-order chi connectivity index (χ0) is 10.2. The van der Waals surface area contributed by atoms with Crippen LogP contribution in [0.1, 0.15) is 24.4 Å². The van der Waals surface area contributed by atoms with Gasteiger partial charge in [0.1, 0.15) is 5.69 Å².